The Labute approximate surface area is 94.4 Å². The van der Waals surface area contributed by atoms with E-state index in [1.165, 1.54) is 10.9 Å². The van der Waals surface area contributed by atoms with Gasteiger partial charge >= 0.3 is 0 Å². The highest BCUT2D eigenvalue weighted by Gasteiger charge is 1.96. The maximum absolute atomic E-state index is 5.62. The van der Waals surface area contributed by atoms with E-state index in [1.54, 1.807) is 0 Å². The van der Waals surface area contributed by atoms with Crippen molar-refractivity contribution < 1.29 is 0 Å². The van der Waals surface area contributed by atoms with E-state index in [9.17, 15) is 0 Å². The first-order chi connectivity index (χ1) is 7.42. The Morgan fingerprint density at radius 3 is 3.00 bits per heavy atom. The third kappa shape index (κ3) is 2.37. The minimum Gasteiger partial charge on any atom is -0.256 e. The van der Waals surface area contributed by atoms with Crippen molar-refractivity contribution >= 4 is 28.6 Å². The predicted molar refractivity (Wildman–Crippen MR) is 66.1 cm³/mol. The SMILES string of the molecule is ClCCC=Cc1cccc2ncccc12. The molecule has 2 aromatic rings. The molecule has 0 amide bonds. The fraction of sp³-hybridized carbons (Fsp3) is 0.154. The fourth-order valence-corrected chi connectivity index (χ4v) is 1.67. The highest BCUT2D eigenvalue weighted by molar-refractivity contribution is 6.17. The molecule has 0 fully saturated rings. The van der Waals surface area contributed by atoms with Crippen molar-refractivity contribution in [3.8, 4) is 0 Å². The van der Waals surface area contributed by atoms with Crippen molar-refractivity contribution in [2.45, 2.75) is 6.42 Å². The number of hydrogen-bond donors (Lipinski definition) is 0. The lowest BCUT2D eigenvalue weighted by Crippen LogP contribution is -1.80. The Hall–Kier alpha value is -1.34. The Bertz CT molecular complexity index is 471. The van der Waals surface area contributed by atoms with Crippen LogP contribution in [0.2, 0.25) is 0 Å². The van der Waals surface area contributed by atoms with Gasteiger partial charge in [-0.2, -0.15) is 0 Å². The number of hydrogen-bond acceptors (Lipinski definition) is 1. The van der Waals surface area contributed by atoms with E-state index >= 15 is 0 Å². The van der Waals surface area contributed by atoms with Gasteiger partial charge in [-0.15, -0.1) is 11.6 Å². The fourth-order valence-electron chi connectivity index (χ4n) is 1.55. The van der Waals surface area contributed by atoms with Crippen LogP contribution >= 0.6 is 11.6 Å². The van der Waals surface area contributed by atoms with Crippen LogP contribution in [0.3, 0.4) is 0 Å². The molecule has 0 bridgehead atoms. The lowest BCUT2D eigenvalue weighted by Gasteiger charge is -2.00. The van der Waals surface area contributed by atoms with E-state index in [1.807, 2.05) is 24.4 Å². The second-order valence-electron chi connectivity index (χ2n) is 3.30. The first-order valence-electron chi connectivity index (χ1n) is 4.98. The predicted octanol–water partition coefficient (Wildman–Crippen LogP) is 3.88. The van der Waals surface area contributed by atoms with Gasteiger partial charge in [-0.25, -0.2) is 0 Å². The van der Waals surface area contributed by atoms with Crippen molar-refractivity contribution in [3.63, 3.8) is 0 Å². The molecule has 0 aliphatic rings. The Balaban J connectivity index is 2.42. The van der Waals surface area contributed by atoms with Crippen LogP contribution in [0.5, 0.6) is 0 Å². The third-order valence-corrected chi connectivity index (χ3v) is 2.47. The van der Waals surface area contributed by atoms with E-state index in [0.717, 1.165) is 11.9 Å². The van der Waals surface area contributed by atoms with Gasteiger partial charge in [0.1, 0.15) is 0 Å². The van der Waals surface area contributed by atoms with Gasteiger partial charge in [0.15, 0.2) is 0 Å². The molecule has 0 aliphatic carbocycles. The zero-order valence-electron chi connectivity index (χ0n) is 8.36. The summed E-state index contributed by atoms with van der Waals surface area (Å²) in [5.74, 6) is 0.666. The smallest absolute Gasteiger partial charge is 0.0707 e. The molecule has 0 spiro atoms. The maximum Gasteiger partial charge on any atom is 0.0707 e. The summed E-state index contributed by atoms with van der Waals surface area (Å²) in [6, 6.07) is 10.2. The van der Waals surface area contributed by atoms with Crippen molar-refractivity contribution in [2.24, 2.45) is 0 Å². The number of halogens is 1. The number of allylic oxidation sites excluding steroid dienone is 1. The van der Waals surface area contributed by atoms with Crippen LogP contribution in [0, 0.1) is 0 Å². The van der Waals surface area contributed by atoms with Crippen molar-refractivity contribution in [3.05, 3.63) is 48.2 Å². The Morgan fingerprint density at radius 2 is 2.13 bits per heavy atom. The summed E-state index contributed by atoms with van der Waals surface area (Å²) in [4.78, 5) is 4.31. The number of benzene rings is 1. The summed E-state index contributed by atoms with van der Waals surface area (Å²) >= 11 is 5.62. The molecular formula is C13H12ClN. The van der Waals surface area contributed by atoms with Gasteiger partial charge in [-0.05, 0) is 24.1 Å². The van der Waals surface area contributed by atoms with E-state index in [4.69, 9.17) is 11.6 Å². The number of nitrogens with zero attached hydrogens (tertiary/aromatic N) is 1. The normalized spacial score (nSPS) is 11.3. The second kappa shape index (κ2) is 4.94. The molecule has 0 atom stereocenters. The maximum atomic E-state index is 5.62. The average Bonchev–Trinajstić information content (AvgIpc) is 2.30. The zero-order chi connectivity index (χ0) is 10.5. The first kappa shape index (κ1) is 10.2. The first-order valence-corrected chi connectivity index (χ1v) is 5.51. The lowest BCUT2D eigenvalue weighted by atomic mass is 10.1. The molecule has 0 saturated heterocycles. The Morgan fingerprint density at radius 1 is 1.20 bits per heavy atom. The summed E-state index contributed by atoms with van der Waals surface area (Å²) in [6.45, 7) is 0. The van der Waals surface area contributed by atoms with Gasteiger partial charge in [0, 0.05) is 17.5 Å². The Kier molecular flexibility index (Phi) is 3.36. The quantitative estimate of drug-likeness (QED) is 0.712. The zero-order valence-corrected chi connectivity index (χ0v) is 9.11. The summed E-state index contributed by atoms with van der Waals surface area (Å²) in [5, 5.41) is 1.19. The minimum absolute atomic E-state index is 0.666. The van der Waals surface area contributed by atoms with Crippen molar-refractivity contribution in [1.29, 1.82) is 0 Å². The van der Waals surface area contributed by atoms with Crippen molar-refractivity contribution in [2.75, 3.05) is 5.88 Å². The molecule has 0 aliphatic heterocycles. The number of fused-ring (bicyclic) bond motifs is 1. The van der Waals surface area contributed by atoms with Crippen LogP contribution in [0.25, 0.3) is 17.0 Å². The van der Waals surface area contributed by atoms with Gasteiger partial charge in [0.25, 0.3) is 0 Å². The average molecular weight is 218 g/mol. The van der Waals surface area contributed by atoms with Gasteiger partial charge in [0.05, 0.1) is 5.52 Å². The monoisotopic (exact) mass is 217 g/mol. The summed E-state index contributed by atoms with van der Waals surface area (Å²) < 4.78 is 0. The number of rotatable bonds is 3. The van der Waals surface area contributed by atoms with Crippen LogP contribution in [-0.4, -0.2) is 10.9 Å². The molecule has 0 saturated carbocycles. The van der Waals surface area contributed by atoms with Gasteiger partial charge in [-0.3, -0.25) is 4.98 Å². The van der Waals surface area contributed by atoms with E-state index in [2.05, 4.69) is 29.3 Å². The summed E-state index contributed by atoms with van der Waals surface area (Å²) in [5.41, 5.74) is 2.23. The van der Waals surface area contributed by atoms with E-state index in [0.29, 0.717) is 5.88 Å². The summed E-state index contributed by atoms with van der Waals surface area (Å²) in [7, 11) is 0. The topological polar surface area (TPSA) is 12.9 Å². The second-order valence-corrected chi connectivity index (χ2v) is 3.68. The number of pyridine rings is 1. The van der Waals surface area contributed by atoms with E-state index < -0.39 is 0 Å². The number of alkyl halides is 1. The molecule has 76 valence electrons. The van der Waals surface area contributed by atoms with Crippen LogP contribution in [0.15, 0.2) is 42.6 Å². The molecule has 1 aromatic carbocycles. The highest BCUT2D eigenvalue weighted by atomic mass is 35.5. The van der Waals surface area contributed by atoms with Crippen LogP contribution < -0.4 is 0 Å². The van der Waals surface area contributed by atoms with Gasteiger partial charge in [-0.1, -0.05) is 30.4 Å². The minimum atomic E-state index is 0.666. The standard InChI is InChI=1S/C13H12ClN/c14-9-2-1-5-11-6-3-8-13-12(11)7-4-10-15-13/h1,3-8,10H,2,9H2. The molecule has 15 heavy (non-hydrogen) atoms. The van der Waals surface area contributed by atoms with Crippen LogP contribution in [-0.2, 0) is 0 Å². The molecule has 1 heterocycles. The molecular weight excluding hydrogens is 206 g/mol. The van der Waals surface area contributed by atoms with Crippen LogP contribution in [0.4, 0.5) is 0 Å². The third-order valence-electron chi connectivity index (χ3n) is 2.25. The van der Waals surface area contributed by atoms with Gasteiger partial charge < -0.3 is 0 Å². The molecule has 2 rings (SSSR count). The largest absolute Gasteiger partial charge is 0.256 e. The van der Waals surface area contributed by atoms with Crippen LogP contribution in [0.1, 0.15) is 12.0 Å². The molecule has 0 N–H and O–H groups in total. The summed E-state index contributed by atoms with van der Waals surface area (Å²) in [6.07, 6.45) is 6.91. The van der Waals surface area contributed by atoms with Crippen molar-refractivity contribution in [1.82, 2.24) is 4.98 Å². The highest BCUT2D eigenvalue weighted by Crippen LogP contribution is 2.17. The van der Waals surface area contributed by atoms with E-state index in [-0.39, 0.29) is 0 Å². The molecule has 2 heteroatoms. The molecule has 0 unspecified atom stereocenters. The molecule has 1 aromatic heterocycles. The number of aromatic nitrogens is 1. The van der Waals surface area contributed by atoms with Gasteiger partial charge in [0.2, 0.25) is 0 Å². The molecule has 0 radical (unpaired) electrons. The molecule has 1 nitrogen and oxygen atoms in total. The lowest BCUT2D eigenvalue weighted by molar-refractivity contribution is 1.24.